The molecule has 0 radical (unpaired) electrons. The van der Waals surface area contributed by atoms with Gasteiger partial charge in [0, 0.05) is 0 Å². The van der Waals surface area contributed by atoms with Crippen molar-refractivity contribution in [3.63, 3.8) is 0 Å². The van der Waals surface area contributed by atoms with E-state index in [2.05, 4.69) is 15.0 Å². The number of hydrogen-bond donors (Lipinski definition) is 2. The molecule has 0 saturated heterocycles. The molecular formula is C5H6N4O. The van der Waals surface area contributed by atoms with Gasteiger partial charge in [-0.15, -0.1) is 0 Å². The molecule has 1 aromatic rings. The average molecular weight is 138 g/mol. The standard InChI is InChI=1S/C5H6N4O/c10-9-1-4-5(8-3-9)7-2-6-4/h2-3,10H,1H2,(H,6,7). The highest BCUT2D eigenvalue weighted by Crippen LogP contribution is 2.17. The van der Waals surface area contributed by atoms with E-state index in [1.165, 1.54) is 6.34 Å². The fourth-order valence-corrected chi connectivity index (χ4v) is 0.866. The zero-order valence-corrected chi connectivity index (χ0v) is 5.15. The summed E-state index contributed by atoms with van der Waals surface area (Å²) < 4.78 is 0. The highest BCUT2D eigenvalue weighted by molar-refractivity contribution is 5.62. The van der Waals surface area contributed by atoms with Crippen LogP contribution in [0.15, 0.2) is 11.3 Å². The summed E-state index contributed by atoms with van der Waals surface area (Å²) in [6.45, 7) is 0.429. The smallest absolute Gasteiger partial charge is 0.176 e. The first-order chi connectivity index (χ1) is 4.86. The molecule has 1 aliphatic rings. The molecule has 1 aliphatic heterocycles. The minimum absolute atomic E-state index is 0.429. The second-order valence-electron chi connectivity index (χ2n) is 2.05. The topological polar surface area (TPSA) is 64.5 Å². The van der Waals surface area contributed by atoms with E-state index >= 15 is 0 Å². The zero-order chi connectivity index (χ0) is 6.97. The van der Waals surface area contributed by atoms with E-state index in [9.17, 15) is 0 Å². The number of fused-ring (bicyclic) bond motifs is 1. The molecule has 2 heterocycles. The lowest BCUT2D eigenvalue weighted by molar-refractivity contribution is -0.0188. The molecule has 5 heteroatoms. The van der Waals surface area contributed by atoms with Crippen molar-refractivity contribution in [2.45, 2.75) is 6.54 Å². The molecule has 0 atom stereocenters. The Labute approximate surface area is 57.0 Å². The Morgan fingerprint density at radius 3 is 3.50 bits per heavy atom. The fourth-order valence-electron chi connectivity index (χ4n) is 0.866. The van der Waals surface area contributed by atoms with Crippen LogP contribution in [0.2, 0.25) is 0 Å². The number of hydroxylamine groups is 2. The third-order valence-electron chi connectivity index (χ3n) is 1.33. The molecule has 52 valence electrons. The lowest BCUT2D eigenvalue weighted by atomic mass is 10.4. The van der Waals surface area contributed by atoms with Crippen LogP contribution < -0.4 is 0 Å². The number of nitrogens with one attached hydrogen (secondary N) is 1. The van der Waals surface area contributed by atoms with Crippen LogP contribution in [-0.4, -0.2) is 26.6 Å². The minimum Gasteiger partial charge on any atom is -0.345 e. The van der Waals surface area contributed by atoms with Gasteiger partial charge in [0.1, 0.15) is 6.34 Å². The van der Waals surface area contributed by atoms with Crippen LogP contribution in [0.1, 0.15) is 5.69 Å². The van der Waals surface area contributed by atoms with Gasteiger partial charge in [0.15, 0.2) is 5.82 Å². The van der Waals surface area contributed by atoms with E-state index in [1.54, 1.807) is 6.33 Å². The molecule has 0 unspecified atom stereocenters. The Hall–Kier alpha value is -1.36. The van der Waals surface area contributed by atoms with Crippen LogP contribution in [0, 0.1) is 0 Å². The first-order valence-electron chi connectivity index (χ1n) is 2.88. The predicted octanol–water partition coefficient (Wildman–Crippen LogP) is 0.274. The van der Waals surface area contributed by atoms with Crippen LogP contribution in [0.3, 0.4) is 0 Å². The Kier molecular flexibility index (Phi) is 0.983. The van der Waals surface area contributed by atoms with Crippen molar-refractivity contribution in [3.05, 3.63) is 12.0 Å². The molecule has 0 saturated carbocycles. The maximum atomic E-state index is 8.91. The molecule has 10 heavy (non-hydrogen) atoms. The van der Waals surface area contributed by atoms with Gasteiger partial charge in [0.2, 0.25) is 0 Å². The Balaban J connectivity index is 2.43. The van der Waals surface area contributed by atoms with Crippen molar-refractivity contribution in [3.8, 4) is 0 Å². The second-order valence-corrected chi connectivity index (χ2v) is 2.05. The summed E-state index contributed by atoms with van der Waals surface area (Å²) in [6.07, 6.45) is 2.89. The Morgan fingerprint density at radius 2 is 2.60 bits per heavy atom. The number of aromatic nitrogens is 2. The fraction of sp³-hybridized carbons (Fsp3) is 0.200. The summed E-state index contributed by atoms with van der Waals surface area (Å²) >= 11 is 0. The van der Waals surface area contributed by atoms with E-state index in [0.717, 1.165) is 10.8 Å². The third-order valence-corrected chi connectivity index (χ3v) is 1.33. The summed E-state index contributed by atoms with van der Waals surface area (Å²) in [5.74, 6) is 0.658. The third kappa shape index (κ3) is 0.679. The van der Waals surface area contributed by atoms with E-state index in [1.807, 2.05) is 0 Å². The molecule has 0 aromatic carbocycles. The van der Waals surface area contributed by atoms with Gasteiger partial charge in [-0.3, -0.25) is 5.21 Å². The molecule has 0 fully saturated rings. The summed E-state index contributed by atoms with van der Waals surface area (Å²) in [5.41, 5.74) is 0.838. The van der Waals surface area contributed by atoms with Crippen LogP contribution in [-0.2, 0) is 6.54 Å². The summed E-state index contributed by atoms with van der Waals surface area (Å²) in [4.78, 5) is 10.6. The van der Waals surface area contributed by atoms with E-state index < -0.39 is 0 Å². The molecule has 0 spiro atoms. The molecule has 2 rings (SSSR count). The largest absolute Gasteiger partial charge is 0.345 e. The first-order valence-corrected chi connectivity index (χ1v) is 2.88. The maximum absolute atomic E-state index is 8.91. The number of rotatable bonds is 0. The van der Waals surface area contributed by atoms with Crippen molar-refractivity contribution < 1.29 is 5.21 Å². The van der Waals surface area contributed by atoms with Gasteiger partial charge in [0.05, 0.1) is 18.6 Å². The molecule has 5 nitrogen and oxygen atoms in total. The van der Waals surface area contributed by atoms with Crippen LogP contribution in [0.5, 0.6) is 0 Å². The van der Waals surface area contributed by atoms with Gasteiger partial charge in [-0.1, -0.05) is 0 Å². The van der Waals surface area contributed by atoms with E-state index in [-0.39, 0.29) is 0 Å². The zero-order valence-electron chi connectivity index (χ0n) is 5.15. The van der Waals surface area contributed by atoms with Crippen molar-refractivity contribution in [1.82, 2.24) is 15.0 Å². The number of aromatic amines is 1. The average Bonchev–Trinajstić information content (AvgIpc) is 2.33. The number of nitrogens with zero attached hydrogens (tertiary/aromatic N) is 3. The molecule has 0 aliphatic carbocycles. The van der Waals surface area contributed by atoms with Gasteiger partial charge in [0.25, 0.3) is 0 Å². The van der Waals surface area contributed by atoms with Crippen molar-refractivity contribution >= 4 is 12.2 Å². The SMILES string of the molecule is ON1C=Nc2nc[nH]c2C1. The van der Waals surface area contributed by atoms with Gasteiger partial charge >= 0.3 is 0 Å². The molecule has 0 amide bonds. The van der Waals surface area contributed by atoms with Crippen molar-refractivity contribution in [2.24, 2.45) is 4.99 Å². The monoisotopic (exact) mass is 138 g/mol. The quantitative estimate of drug-likeness (QED) is 0.541. The minimum atomic E-state index is 0.429. The summed E-state index contributed by atoms with van der Waals surface area (Å²) in [7, 11) is 0. The second kappa shape index (κ2) is 1.81. The van der Waals surface area contributed by atoms with Crippen LogP contribution in [0.25, 0.3) is 0 Å². The molecular weight excluding hydrogens is 132 g/mol. The lowest BCUT2D eigenvalue weighted by Gasteiger charge is -2.12. The molecule has 1 aromatic heterocycles. The highest BCUT2D eigenvalue weighted by Gasteiger charge is 2.10. The first kappa shape index (κ1) is 5.43. The van der Waals surface area contributed by atoms with Gasteiger partial charge in [-0.05, 0) is 0 Å². The van der Waals surface area contributed by atoms with E-state index in [0.29, 0.717) is 12.4 Å². The van der Waals surface area contributed by atoms with Gasteiger partial charge < -0.3 is 4.98 Å². The summed E-state index contributed by atoms with van der Waals surface area (Å²) in [5, 5.41) is 9.91. The lowest BCUT2D eigenvalue weighted by Crippen LogP contribution is -2.19. The Morgan fingerprint density at radius 1 is 1.70 bits per heavy atom. The number of aliphatic imine (C=N–C) groups is 1. The maximum Gasteiger partial charge on any atom is 0.176 e. The van der Waals surface area contributed by atoms with Crippen molar-refractivity contribution in [1.29, 1.82) is 0 Å². The van der Waals surface area contributed by atoms with Crippen LogP contribution >= 0.6 is 0 Å². The van der Waals surface area contributed by atoms with E-state index in [4.69, 9.17) is 5.21 Å². The number of imidazole rings is 1. The Bertz CT molecular complexity index is 266. The number of H-pyrrole nitrogens is 1. The molecule has 0 bridgehead atoms. The summed E-state index contributed by atoms with van der Waals surface area (Å²) in [6, 6.07) is 0. The van der Waals surface area contributed by atoms with Gasteiger partial charge in [-0.25, -0.2) is 15.0 Å². The van der Waals surface area contributed by atoms with Gasteiger partial charge in [-0.2, -0.15) is 0 Å². The normalized spacial score (nSPS) is 15.5. The van der Waals surface area contributed by atoms with Crippen molar-refractivity contribution in [2.75, 3.05) is 0 Å². The highest BCUT2D eigenvalue weighted by atomic mass is 16.5. The number of hydrogen-bond acceptors (Lipinski definition) is 4. The molecule has 2 N–H and O–H groups in total. The predicted molar refractivity (Wildman–Crippen MR) is 34.1 cm³/mol. The van der Waals surface area contributed by atoms with Crippen LogP contribution in [0.4, 0.5) is 5.82 Å².